The molecule has 0 unspecified atom stereocenters. The van der Waals surface area contributed by atoms with Crippen LogP contribution < -0.4 is 29.0 Å². The highest BCUT2D eigenvalue weighted by Gasteiger charge is 2.25. The molecule has 4 aromatic carbocycles. The molecule has 5 rings (SSSR count). The van der Waals surface area contributed by atoms with Crippen molar-refractivity contribution in [1.29, 1.82) is 0 Å². The van der Waals surface area contributed by atoms with Crippen LogP contribution in [-0.2, 0) is 26.1 Å². The lowest BCUT2D eigenvalue weighted by atomic mass is 9.89. The highest BCUT2D eigenvalue weighted by Crippen LogP contribution is 2.41. The van der Waals surface area contributed by atoms with Gasteiger partial charge in [0.25, 0.3) is 0 Å². The SMILES string of the molecule is COc1cc(C[C@@H]2NCCc3cc(OCc4ccccc4)c(OCc4ccccc4)cc32)cc(OC)c1OC.Cl. The number of nitrogens with one attached hydrogen (secondary N) is 1. The Balaban J connectivity index is 0.00000370. The zero-order chi connectivity index (χ0) is 27.0. The van der Waals surface area contributed by atoms with E-state index in [-0.39, 0.29) is 18.4 Å². The van der Waals surface area contributed by atoms with Crippen molar-refractivity contribution in [3.05, 3.63) is 113 Å². The van der Waals surface area contributed by atoms with E-state index in [1.807, 2.05) is 48.5 Å². The van der Waals surface area contributed by atoms with E-state index in [0.717, 1.165) is 47.6 Å². The fraction of sp³-hybridized carbons (Fsp3) is 0.273. The topological polar surface area (TPSA) is 58.2 Å². The van der Waals surface area contributed by atoms with Gasteiger partial charge in [-0.15, -0.1) is 12.4 Å². The smallest absolute Gasteiger partial charge is 0.203 e. The zero-order valence-corrected chi connectivity index (χ0v) is 24.0. The normalized spacial score (nSPS) is 13.9. The Bertz CT molecular complexity index is 1360. The maximum Gasteiger partial charge on any atom is 0.203 e. The Labute approximate surface area is 242 Å². The molecular weight excluding hydrogens is 526 g/mol. The number of hydrogen-bond acceptors (Lipinski definition) is 6. The first-order valence-corrected chi connectivity index (χ1v) is 13.2. The molecule has 0 saturated heterocycles. The summed E-state index contributed by atoms with van der Waals surface area (Å²) in [7, 11) is 4.90. The van der Waals surface area contributed by atoms with Gasteiger partial charge >= 0.3 is 0 Å². The molecule has 0 saturated carbocycles. The summed E-state index contributed by atoms with van der Waals surface area (Å²) in [5.41, 5.74) is 5.79. The van der Waals surface area contributed by atoms with Gasteiger partial charge in [-0.1, -0.05) is 60.7 Å². The van der Waals surface area contributed by atoms with E-state index in [4.69, 9.17) is 23.7 Å². The molecule has 0 amide bonds. The summed E-state index contributed by atoms with van der Waals surface area (Å²) in [5.74, 6) is 3.41. The van der Waals surface area contributed by atoms with Crippen LogP contribution in [0.15, 0.2) is 84.9 Å². The lowest BCUT2D eigenvalue weighted by Gasteiger charge is -2.29. The van der Waals surface area contributed by atoms with E-state index in [1.165, 1.54) is 11.1 Å². The molecule has 1 heterocycles. The third kappa shape index (κ3) is 6.82. The summed E-state index contributed by atoms with van der Waals surface area (Å²) in [6.07, 6.45) is 1.67. The third-order valence-electron chi connectivity index (χ3n) is 7.00. The molecule has 0 radical (unpaired) electrons. The molecule has 0 spiro atoms. The van der Waals surface area contributed by atoms with Crippen molar-refractivity contribution < 1.29 is 23.7 Å². The first kappa shape index (κ1) is 29.1. The van der Waals surface area contributed by atoms with Crippen LogP contribution in [0.3, 0.4) is 0 Å². The van der Waals surface area contributed by atoms with E-state index < -0.39 is 0 Å². The maximum absolute atomic E-state index is 6.37. The predicted molar refractivity (Wildman–Crippen MR) is 159 cm³/mol. The highest BCUT2D eigenvalue weighted by molar-refractivity contribution is 5.85. The fourth-order valence-electron chi connectivity index (χ4n) is 5.02. The molecule has 6 nitrogen and oxygen atoms in total. The summed E-state index contributed by atoms with van der Waals surface area (Å²) in [4.78, 5) is 0. The van der Waals surface area contributed by atoms with Crippen molar-refractivity contribution in [1.82, 2.24) is 5.32 Å². The Hall–Kier alpha value is -3.87. The standard InChI is InChI=1S/C33H35NO5.ClH/c1-35-31-17-25(18-32(36-2)33(31)37-3)16-28-27-20-30(39-22-24-12-8-5-9-13-24)29(19-26(27)14-15-34-28)38-21-23-10-6-4-7-11-23;/h4-13,17-20,28,34H,14-16,21-22H2,1-3H3;1H/t28-;/m0./s1. The van der Waals surface area contributed by atoms with Crippen LogP contribution in [0.1, 0.15) is 33.9 Å². The number of benzene rings is 4. The van der Waals surface area contributed by atoms with E-state index in [2.05, 4.69) is 41.7 Å². The molecule has 7 heteroatoms. The van der Waals surface area contributed by atoms with Crippen molar-refractivity contribution in [2.45, 2.75) is 32.1 Å². The molecule has 40 heavy (non-hydrogen) atoms. The minimum Gasteiger partial charge on any atom is -0.493 e. The minimum atomic E-state index is 0. The van der Waals surface area contributed by atoms with Gasteiger partial charge in [0.15, 0.2) is 23.0 Å². The molecule has 4 aromatic rings. The summed E-state index contributed by atoms with van der Waals surface area (Å²) in [5, 5.41) is 3.70. The molecule has 1 N–H and O–H groups in total. The van der Waals surface area contributed by atoms with Crippen LogP contribution in [0.4, 0.5) is 0 Å². The summed E-state index contributed by atoms with van der Waals surface area (Å²) in [6.45, 7) is 1.82. The molecule has 1 aliphatic heterocycles. The van der Waals surface area contributed by atoms with E-state index in [0.29, 0.717) is 30.5 Å². The van der Waals surface area contributed by atoms with Gasteiger partial charge in [0.1, 0.15) is 13.2 Å². The minimum absolute atomic E-state index is 0. The number of ether oxygens (including phenoxy) is 5. The van der Waals surface area contributed by atoms with Gasteiger partial charge in [-0.2, -0.15) is 0 Å². The predicted octanol–water partition coefficient (Wildman–Crippen LogP) is 6.72. The molecule has 1 atom stereocenters. The van der Waals surface area contributed by atoms with Gasteiger partial charge in [-0.25, -0.2) is 0 Å². The number of fused-ring (bicyclic) bond motifs is 1. The van der Waals surface area contributed by atoms with Gasteiger partial charge in [0.05, 0.1) is 21.3 Å². The first-order chi connectivity index (χ1) is 19.2. The Morgan fingerprint density at radius 3 is 1.73 bits per heavy atom. The lowest BCUT2D eigenvalue weighted by molar-refractivity contribution is 0.254. The molecule has 210 valence electrons. The summed E-state index contributed by atoms with van der Waals surface area (Å²) >= 11 is 0. The van der Waals surface area contributed by atoms with Crippen LogP contribution in [0.5, 0.6) is 28.7 Å². The summed E-state index contributed by atoms with van der Waals surface area (Å²) in [6, 6.07) is 28.8. The molecule has 0 aromatic heterocycles. The fourth-order valence-corrected chi connectivity index (χ4v) is 5.02. The van der Waals surface area contributed by atoms with E-state index in [1.54, 1.807) is 21.3 Å². The monoisotopic (exact) mass is 561 g/mol. The van der Waals surface area contributed by atoms with Gasteiger partial charge in [-0.05, 0) is 71.5 Å². The lowest BCUT2D eigenvalue weighted by Crippen LogP contribution is -2.31. The Morgan fingerprint density at radius 1 is 0.650 bits per heavy atom. The van der Waals surface area contributed by atoms with E-state index in [9.17, 15) is 0 Å². The van der Waals surface area contributed by atoms with Crippen molar-refractivity contribution in [3.8, 4) is 28.7 Å². The quantitative estimate of drug-likeness (QED) is 0.219. The van der Waals surface area contributed by atoms with Crippen LogP contribution in [0.25, 0.3) is 0 Å². The average Bonchev–Trinajstić information content (AvgIpc) is 2.99. The number of rotatable bonds is 11. The van der Waals surface area contributed by atoms with Crippen LogP contribution in [0.2, 0.25) is 0 Å². The number of halogens is 1. The molecule has 1 aliphatic rings. The second-order valence-electron chi connectivity index (χ2n) is 9.54. The van der Waals surface area contributed by atoms with Crippen LogP contribution >= 0.6 is 12.4 Å². The Morgan fingerprint density at radius 2 is 1.20 bits per heavy atom. The molecular formula is C33H36ClNO5. The molecule has 0 fully saturated rings. The van der Waals surface area contributed by atoms with Crippen molar-refractivity contribution in [2.75, 3.05) is 27.9 Å². The second kappa shape index (κ2) is 14.0. The Kier molecular flexibility index (Phi) is 10.2. The summed E-state index contributed by atoms with van der Waals surface area (Å²) < 4.78 is 29.4. The molecule has 0 bridgehead atoms. The second-order valence-corrected chi connectivity index (χ2v) is 9.54. The third-order valence-corrected chi connectivity index (χ3v) is 7.00. The van der Waals surface area contributed by atoms with Crippen molar-refractivity contribution in [2.24, 2.45) is 0 Å². The van der Waals surface area contributed by atoms with Crippen LogP contribution in [-0.4, -0.2) is 27.9 Å². The number of methoxy groups -OCH3 is 3. The van der Waals surface area contributed by atoms with Gasteiger partial charge in [0, 0.05) is 6.04 Å². The van der Waals surface area contributed by atoms with Gasteiger partial charge in [-0.3, -0.25) is 0 Å². The van der Waals surface area contributed by atoms with Gasteiger partial charge in [0.2, 0.25) is 5.75 Å². The van der Waals surface area contributed by atoms with Crippen molar-refractivity contribution in [3.63, 3.8) is 0 Å². The number of hydrogen-bond donors (Lipinski definition) is 1. The van der Waals surface area contributed by atoms with E-state index >= 15 is 0 Å². The van der Waals surface area contributed by atoms with Crippen LogP contribution in [0, 0.1) is 0 Å². The highest BCUT2D eigenvalue weighted by atomic mass is 35.5. The molecule has 0 aliphatic carbocycles. The first-order valence-electron chi connectivity index (χ1n) is 13.2. The average molecular weight is 562 g/mol. The van der Waals surface area contributed by atoms with Gasteiger partial charge < -0.3 is 29.0 Å². The largest absolute Gasteiger partial charge is 0.493 e. The van der Waals surface area contributed by atoms with Crippen molar-refractivity contribution >= 4 is 12.4 Å². The zero-order valence-electron chi connectivity index (χ0n) is 23.1. The maximum atomic E-state index is 6.37.